The zero-order chi connectivity index (χ0) is 13.0. The Morgan fingerprint density at radius 1 is 1.39 bits per heavy atom. The summed E-state index contributed by atoms with van der Waals surface area (Å²) in [5.74, 6) is 0.0821. The van der Waals surface area contributed by atoms with Crippen LogP contribution in [0.4, 0.5) is 5.69 Å². The van der Waals surface area contributed by atoms with Gasteiger partial charge in [0, 0.05) is 13.2 Å². The van der Waals surface area contributed by atoms with Crippen molar-refractivity contribution >= 4 is 11.6 Å². The fourth-order valence-electron chi connectivity index (χ4n) is 2.53. The third-order valence-electron chi connectivity index (χ3n) is 3.41. The predicted octanol–water partition coefficient (Wildman–Crippen LogP) is 2.56. The molecule has 0 atom stereocenters. The molecule has 0 saturated carbocycles. The Hall–Kier alpha value is -1.35. The summed E-state index contributed by atoms with van der Waals surface area (Å²) in [6.45, 7) is 5.64. The summed E-state index contributed by atoms with van der Waals surface area (Å²) in [4.78, 5) is 14.1. The van der Waals surface area contributed by atoms with Gasteiger partial charge in [-0.3, -0.25) is 4.79 Å². The molecule has 1 aromatic carbocycles. The van der Waals surface area contributed by atoms with Crippen LogP contribution in [0.5, 0.6) is 0 Å². The molecule has 0 spiro atoms. The second kappa shape index (κ2) is 6.01. The largest absolute Gasteiger partial charge is 0.372 e. The predicted molar refractivity (Wildman–Crippen MR) is 73.0 cm³/mol. The smallest absolute Gasteiger partial charge is 0.252 e. The van der Waals surface area contributed by atoms with Gasteiger partial charge in [0.05, 0.1) is 5.69 Å². The molecule has 2 rings (SSSR count). The van der Waals surface area contributed by atoms with E-state index >= 15 is 0 Å². The summed E-state index contributed by atoms with van der Waals surface area (Å²) in [5, 5.41) is 0. The minimum atomic E-state index is 0.0821. The lowest BCUT2D eigenvalue weighted by atomic mass is 9.96. The summed E-state index contributed by atoms with van der Waals surface area (Å²) in [6, 6.07) is 6.34. The lowest BCUT2D eigenvalue weighted by Gasteiger charge is -2.31. The number of nitrogens with zero attached hydrogens (tertiary/aromatic N) is 1. The van der Waals surface area contributed by atoms with Gasteiger partial charge in [-0.2, -0.15) is 0 Å². The van der Waals surface area contributed by atoms with E-state index in [1.165, 1.54) is 11.1 Å². The van der Waals surface area contributed by atoms with E-state index in [-0.39, 0.29) is 12.5 Å². The molecule has 3 heteroatoms. The fraction of sp³-hybridized carbons (Fsp3) is 0.533. The second-order valence-electron chi connectivity index (χ2n) is 4.56. The Morgan fingerprint density at radius 2 is 2.22 bits per heavy atom. The number of aryl methyl sites for hydroxylation is 2. The maximum absolute atomic E-state index is 12.2. The van der Waals surface area contributed by atoms with Crippen molar-refractivity contribution in [3.8, 4) is 0 Å². The van der Waals surface area contributed by atoms with Crippen molar-refractivity contribution in [3.63, 3.8) is 0 Å². The first-order valence-electron chi connectivity index (χ1n) is 6.76. The molecule has 0 saturated heterocycles. The monoisotopic (exact) mass is 247 g/mol. The third kappa shape index (κ3) is 2.56. The van der Waals surface area contributed by atoms with E-state index in [4.69, 9.17) is 4.74 Å². The number of hydrogen-bond acceptors (Lipinski definition) is 2. The molecule has 98 valence electrons. The molecule has 0 radical (unpaired) electrons. The number of ether oxygens (including phenoxy) is 1. The van der Waals surface area contributed by atoms with Crippen LogP contribution in [0.15, 0.2) is 18.2 Å². The van der Waals surface area contributed by atoms with Crippen LogP contribution < -0.4 is 4.90 Å². The number of rotatable bonds is 4. The Bertz CT molecular complexity index is 414. The van der Waals surface area contributed by atoms with Gasteiger partial charge in [-0.15, -0.1) is 0 Å². The number of anilines is 1. The summed E-state index contributed by atoms with van der Waals surface area (Å²) >= 11 is 0. The van der Waals surface area contributed by atoms with Crippen LogP contribution in [-0.2, 0) is 22.4 Å². The van der Waals surface area contributed by atoms with Gasteiger partial charge >= 0.3 is 0 Å². The fourth-order valence-corrected chi connectivity index (χ4v) is 2.53. The van der Waals surface area contributed by atoms with Crippen LogP contribution >= 0.6 is 0 Å². The van der Waals surface area contributed by atoms with Crippen molar-refractivity contribution in [2.75, 3.05) is 24.7 Å². The van der Waals surface area contributed by atoms with Gasteiger partial charge in [-0.1, -0.05) is 25.1 Å². The number of amides is 1. The molecule has 1 aliphatic rings. The molecule has 0 aliphatic carbocycles. The minimum Gasteiger partial charge on any atom is -0.372 e. The average Bonchev–Trinajstić information content (AvgIpc) is 2.43. The van der Waals surface area contributed by atoms with E-state index in [0.717, 1.165) is 31.5 Å². The van der Waals surface area contributed by atoms with Crippen molar-refractivity contribution in [2.45, 2.75) is 33.1 Å². The summed E-state index contributed by atoms with van der Waals surface area (Å²) in [7, 11) is 0. The molecule has 0 bridgehead atoms. The molecule has 0 N–H and O–H groups in total. The molecule has 0 fully saturated rings. The van der Waals surface area contributed by atoms with Gasteiger partial charge in [-0.25, -0.2) is 0 Å². The van der Waals surface area contributed by atoms with Crippen LogP contribution in [0, 0.1) is 0 Å². The van der Waals surface area contributed by atoms with Gasteiger partial charge < -0.3 is 9.64 Å². The summed E-state index contributed by atoms with van der Waals surface area (Å²) < 4.78 is 5.25. The van der Waals surface area contributed by atoms with Gasteiger partial charge in [0.15, 0.2) is 0 Å². The number of carbonyl (C=O) groups excluding carboxylic acids is 1. The highest BCUT2D eigenvalue weighted by Crippen LogP contribution is 2.31. The van der Waals surface area contributed by atoms with E-state index in [9.17, 15) is 4.79 Å². The summed E-state index contributed by atoms with van der Waals surface area (Å²) in [6.07, 6.45) is 3.07. The number of benzene rings is 1. The first-order chi connectivity index (χ1) is 8.77. The molecule has 1 aliphatic heterocycles. The number of carbonyl (C=O) groups is 1. The number of fused-ring (bicyclic) bond motifs is 1. The SMILES string of the molecule is CCOCC(=O)N1CCCc2cccc(CC)c21. The molecular weight excluding hydrogens is 226 g/mol. The highest BCUT2D eigenvalue weighted by molar-refractivity contribution is 5.96. The van der Waals surface area contributed by atoms with Crippen LogP contribution in [0.3, 0.4) is 0 Å². The molecule has 1 amide bonds. The topological polar surface area (TPSA) is 29.5 Å². The van der Waals surface area contributed by atoms with Gasteiger partial charge in [0.1, 0.15) is 6.61 Å². The normalized spacial score (nSPS) is 14.4. The van der Waals surface area contributed by atoms with E-state index in [1.807, 2.05) is 11.8 Å². The zero-order valence-corrected chi connectivity index (χ0v) is 11.2. The molecule has 3 nitrogen and oxygen atoms in total. The number of hydrogen-bond donors (Lipinski definition) is 0. The molecule has 1 heterocycles. The Labute approximate surface area is 109 Å². The zero-order valence-electron chi connectivity index (χ0n) is 11.2. The second-order valence-corrected chi connectivity index (χ2v) is 4.56. The van der Waals surface area contributed by atoms with Crippen molar-refractivity contribution in [2.24, 2.45) is 0 Å². The lowest BCUT2D eigenvalue weighted by molar-refractivity contribution is -0.123. The number of para-hydroxylation sites is 1. The van der Waals surface area contributed by atoms with Gasteiger partial charge in [-0.05, 0) is 37.3 Å². The van der Waals surface area contributed by atoms with Gasteiger partial charge in [0.2, 0.25) is 0 Å². The van der Waals surface area contributed by atoms with Crippen LogP contribution in [0.1, 0.15) is 31.4 Å². The minimum absolute atomic E-state index is 0.0821. The maximum Gasteiger partial charge on any atom is 0.252 e. The molecular formula is C15H21NO2. The van der Waals surface area contributed by atoms with Gasteiger partial charge in [0.25, 0.3) is 5.91 Å². The molecule has 18 heavy (non-hydrogen) atoms. The summed E-state index contributed by atoms with van der Waals surface area (Å²) in [5.41, 5.74) is 3.69. The van der Waals surface area contributed by atoms with Crippen molar-refractivity contribution in [1.29, 1.82) is 0 Å². The standard InChI is InChI=1S/C15H21NO2/c1-3-12-7-5-8-13-9-6-10-16(15(12)13)14(17)11-18-4-2/h5,7-8H,3-4,6,9-11H2,1-2H3. The van der Waals surface area contributed by atoms with Crippen molar-refractivity contribution in [1.82, 2.24) is 0 Å². The van der Waals surface area contributed by atoms with E-state index in [1.54, 1.807) is 0 Å². The Morgan fingerprint density at radius 3 is 2.94 bits per heavy atom. The highest BCUT2D eigenvalue weighted by Gasteiger charge is 2.24. The molecule has 0 unspecified atom stereocenters. The highest BCUT2D eigenvalue weighted by atomic mass is 16.5. The Kier molecular flexibility index (Phi) is 4.37. The quantitative estimate of drug-likeness (QED) is 0.818. The van der Waals surface area contributed by atoms with Crippen molar-refractivity contribution in [3.05, 3.63) is 29.3 Å². The van der Waals surface area contributed by atoms with Crippen LogP contribution in [0.2, 0.25) is 0 Å². The Balaban J connectivity index is 2.28. The van der Waals surface area contributed by atoms with Crippen LogP contribution in [0.25, 0.3) is 0 Å². The molecule has 1 aromatic rings. The van der Waals surface area contributed by atoms with E-state index in [0.29, 0.717) is 6.61 Å². The first-order valence-corrected chi connectivity index (χ1v) is 6.76. The van der Waals surface area contributed by atoms with Crippen LogP contribution in [-0.4, -0.2) is 25.7 Å². The maximum atomic E-state index is 12.2. The first kappa shape index (κ1) is 13.1. The van der Waals surface area contributed by atoms with E-state index in [2.05, 4.69) is 25.1 Å². The van der Waals surface area contributed by atoms with Crippen molar-refractivity contribution < 1.29 is 9.53 Å². The molecule has 0 aromatic heterocycles. The lowest BCUT2D eigenvalue weighted by Crippen LogP contribution is -2.38. The third-order valence-corrected chi connectivity index (χ3v) is 3.41. The average molecular weight is 247 g/mol. The van der Waals surface area contributed by atoms with E-state index < -0.39 is 0 Å².